The number of hydrogen-bond donors (Lipinski definition) is 1. The normalized spacial score (nSPS) is 10.7. The summed E-state index contributed by atoms with van der Waals surface area (Å²) in [6, 6.07) is 15.2. The Bertz CT molecular complexity index is 809. The first-order valence-electron chi connectivity index (χ1n) is 6.33. The first-order valence-corrected chi connectivity index (χ1v) is 6.33. The quantitative estimate of drug-likeness (QED) is 0.762. The maximum Gasteiger partial charge on any atom is 0.335 e. The van der Waals surface area contributed by atoms with Gasteiger partial charge in [0.1, 0.15) is 0 Å². The second-order valence-corrected chi connectivity index (χ2v) is 4.80. The summed E-state index contributed by atoms with van der Waals surface area (Å²) in [7, 11) is 0. The van der Waals surface area contributed by atoms with Crippen LogP contribution in [0.2, 0.25) is 0 Å². The van der Waals surface area contributed by atoms with Crippen molar-refractivity contribution >= 4 is 16.9 Å². The molecule has 3 aromatic rings. The van der Waals surface area contributed by atoms with E-state index in [1.807, 2.05) is 43.3 Å². The Hall–Kier alpha value is -2.68. The topological polar surface area (TPSA) is 50.2 Å². The van der Waals surface area contributed by atoms with Crippen molar-refractivity contribution in [3.63, 3.8) is 0 Å². The Kier molecular flexibility index (Phi) is 2.95. The third-order valence-electron chi connectivity index (χ3n) is 3.26. The summed E-state index contributed by atoms with van der Waals surface area (Å²) in [6.07, 6.45) is 1.76. The highest BCUT2D eigenvalue weighted by atomic mass is 16.4. The second kappa shape index (κ2) is 4.78. The number of carboxylic acid groups (broad SMARTS) is 1. The van der Waals surface area contributed by atoms with Gasteiger partial charge in [-0.1, -0.05) is 18.2 Å². The summed E-state index contributed by atoms with van der Waals surface area (Å²) in [5.74, 6) is -0.905. The monoisotopic (exact) mass is 263 g/mol. The lowest BCUT2D eigenvalue weighted by Gasteiger charge is -2.07. The molecule has 3 nitrogen and oxygen atoms in total. The standard InChI is InChI=1S/C17H13NO2/c1-11-7-14(10-15(8-11)17(19)20)12-4-5-16-13(9-12)3-2-6-18-16/h2-10H,1H3,(H,19,20). The maximum absolute atomic E-state index is 11.1. The van der Waals surface area contributed by atoms with Crippen LogP contribution in [0.25, 0.3) is 22.0 Å². The molecule has 3 heteroatoms. The van der Waals surface area contributed by atoms with Gasteiger partial charge in [-0.25, -0.2) is 4.79 Å². The molecule has 0 atom stereocenters. The number of benzene rings is 2. The largest absolute Gasteiger partial charge is 0.478 e. The lowest BCUT2D eigenvalue weighted by molar-refractivity contribution is 0.0697. The fraction of sp³-hybridized carbons (Fsp3) is 0.0588. The van der Waals surface area contributed by atoms with Crippen LogP contribution in [-0.2, 0) is 0 Å². The molecule has 0 unspecified atom stereocenters. The van der Waals surface area contributed by atoms with Gasteiger partial charge in [-0.15, -0.1) is 0 Å². The SMILES string of the molecule is Cc1cc(C(=O)O)cc(-c2ccc3ncccc3c2)c1. The van der Waals surface area contributed by atoms with Gasteiger partial charge in [-0.2, -0.15) is 0 Å². The Morgan fingerprint density at radius 2 is 1.90 bits per heavy atom. The zero-order chi connectivity index (χ0) is 14.1. The summed E-state index contributed by atoms with van der Waals surface area (Å²) in [6.45, 7) is 1.90. The number of aromatic nitrogens is 1. The van der Waals surface area contributed by atoms with Crippen LogP contribution >= 0.6 is 0 Å². The molecule has 0 aliphatic heterocycles. The van der Waals surface area contributed by atoms with Crippen molar-refractivity contribution in [3.8, 4) is 11.1 Å². The molecular formula is C17H13NO2. The maximum atomic E-state index is 11.1. The molecule has 2 aromatic carbocycles. The molecule has 1 aromatic heterocycles. The van der Waals surface area contributed by atoms with Crippen molar-refractivity contribution in [1.82, 2.24) is 4.98 Å². The lowest BCUT2D eigenvalue weighted by Crippen LogP contribution is -1.97. The van der Waals surface area contributed by atoms with Crippen LogP contribution in [0.15, 0.2) is 54.7 Å². The molecule has 0 amide bonds. The molecule has 0 aliphatic rings. The minimum absolute atomic E-state index is 0.311. The number of aromatic carboxylic acids is 1. The summed E-state index contributed by atoms with van der Waals surface area (Å²) in [5, 5.41) is 10.2. The van der Waals surface area contributed by atoms with Crippen molar-refractivity contribution in [2.45, 2.75) is 6.92 Å². The molecule has 0 spiro atoms. The minimum Gasteiger partial charge on any atom is -0.478 e. The predicted octanol–water partition coefficient (Wildman–Crippen LogP) is 3.91. The van der Waals surface area contributed by atoms with Gasteiger partial charge in [0.15, 0.2) is 0 Å². The van der Waals surface area contributed by atoms with Gasteiger partial charge in [0.05, 0.1) is 11.1 Å². The number of fused-ring (bicyclic) bond motifs is 1. The fourth-order valence-corrected chi connectivity index (χ4v) is 2.33. The molecular weight excluding hydrogens is 250 g/mol. The first-order chi connectivity index (χ1) is 9.63. The number of carboxylic acids is 1. The highest BCUT2D eigenvalue weighted by molar-refractivity contribution is 5.91. The van der Waals surface area contributed by atoms with E-state index in [0.717, 1.165) is 27.6 Å². The molecule has 3 rings (SSSR count). The van der Waals surface area contributed by atoms with Crippen LogP contribution in [-0.4, -0.2) is 16.1 Å². The van der Waals surface area contributed by atoms with Gasteiger partial charge in [-0.3, -0.25) is 4.98 Å². The molecule has 0 radical (unpaired) electrons. The van der Waals surface area contributed by atoms with E-state index >= 15 is 0 Å². The fourth-order valence-electron chi connectivity index (χ4n) is 2.33. The summed E-state index contributed by atoms with van der Waals surface area (Å²) in [5.41, 5.74) is 4.09. The lowest BCUT2D eigenvalue weighted by atomic mass is 9.99. The molecule has 0 saturated heterocycles. The third kappa shape index (κ3) is 2.26. The van der Waals surface area contributed by atoms with Crippen LogP contribution in [0.4, 0.5) is 0 Å². The van der Waals surface area contributed by atoms with Crippen LogP contribution in [0, 0.1) is 6.92 Å². The van der Waals surface area contributed by atoms with E-state index in [2.05, 4.69) is 4.98 Å². The number of pyridine rings is 1. The summed E-state index contributed by atoms with van der Waals surface area (Å²) >= 11 is 0. The number of hydrogen-bond acceptors (Lipinski definition) is 2. The molecule has 0 aliphatic carbocycles. The highest BCUT2D eigenvalue weighted by Crippen LogP contribution is 2.25. The average Bonchev–Trinajstić information content (AvgIpc) is 2.46. The van der Waals surface area contributed by atoms with Crippen molar-refractivity contribution < 1.29 is 9.90 Å². The smallest absolute Gasteiger partial charge is 0.335 e. The molecule has 0 fully saturated rings. The number of nitrogens with zero attached hydrogens (tertiary/aromatic N) is 1. The Labute approximate surface area is 116 Å². The number of carbonyl (C=O) groups is 1. The van der Waals surface area contributed by atoms with E-state index in [4.69, 9.17) is 5.11 Å². The molecule has 0 bridgehead atoms. The van der Waals surface area contributed by atoms with E-state index in [1.165, 1.54) is 0 Å². The van der Waals surface area contributed by atoms with Gasteiger partial charge in [0.2, 0.25) is 0 Å². The predicted molar refractivity (Wildman–Crippen MR) is 78.9 cm³/mol. The van der Waals surface area contributed by atoms with Gasteiger partial charge < -0.3 is 5.11 Å². The third-order valence-corrected chi connectivity index (χ3v) is 3.26. The van der Waals surface area contributed by atoms with Crippen molar-refractivity contribution in [3.05, 3.63) is 65.9 Å². The molecule has 98 valence electrons. The van der Waals surface area contributed by atoms with Crippen LogP contribution in [0.5, 0.6) is 0 Å². The Balaban J connectivity index is 2.17. The molecule has 1 N–H and O–H groups in total. The van der Waals surface area contributed by atoms with Crippen molar-refractivity contribution in [2.24, 2.45) is 0 Å². The van der Waals surface area contributed by atoms with E-state index in [9.17, 15) is 4.79 Å². The van der Waals surface area contributed by atoms with E-state index in [1.54, 1.807) is 18.3 Å². The minimum atomic E-state index is -0.905. The zero-order valence-electron chi connectivity index (χ0n) is 11.0. The van der Waals surface area contributed by atoms with Crippen molar-refractivity contribution in [1.29, 1.82) is 0 Å². The highest BCUT2D eigenvalue weighted by Gasteiger charge is 2.07. The van der Waals surface area contributed by atoms with Crippen LogP contribution in [0.1, 0.15) is 15.9 Å². The second-order valence-electron chi connectivity index (χ2n) is 4.80. The van der Waals surface area contributed by atoms with Gasteiger partial charge in [-0.05, 0) is 53.9 Å². The average molecular weight is 263 g/mol. The van der Waals surface area contributed by atoms with Crippen LogP contribution in [0.3, 0.4) is 0 Å². The van der Waals surface area contributed by atoms with Crippen molar-refractivity contribution in [2.75, 3.05) is 0 Å². The molecule has 0 saturated carbocycles. The Morgan fingerprint density at radius 1 is 1.05 bits per heavy atom. The van der Waals surface area contributed by atoms with E-state index < -0.39 is 5.97 Å². The summed E-state index contributed by atoms with van der Waals surface area (Å²) < 4.78 is 0. The van der Waals surface area contributed by atoms with Crippen LogP contribution < -0.4 is 0 Å². The number of aryl methyl sites for hydroxylation is 1. The molecule has 1 heterocycles. The molecule has 20 heavy (non-hydrogen) atoms. The van der Waals surface area contributed by atoms with Gasteiger partial charge >= 0.3 is 5.97 Å². The Morgan fingerprint density at radius 3 is 2.70 bits per heavy atom. The van der Waals surface area contributed by atoms with Gasteiger partial charge in [0.25, 0.3) is 0 Å². The first kappa shape index (κ1) is 12.4. The van der Waals surface area contributed by atoms with Gasteiger partial charge in [0, 0.05) is 11.6 Å². The summed E-state index contributed by atoms with van der Waals surface area (Å²) in [4.78, 5) is 15.4. The van der Waals surface area contributed by atoms with E-state index in [0.29, 0.717) is 5.56 Å². The zero-order valence-corrected chi connectivity index (χ0v) is 11.0. The van der Waals surface area contributed by atoms with E-state index in [-0.39, 0.29) is 0 Å². The number of rotatable bonds is 2.